The highest BCUT2D eigenvalue weighted by molar-refractivity contribution is 5.78. The lowest BCUT2D eigenvalue weighted by molar-refractivity contribution is -0.133. The first-order valence-corrected chi connectivity index (χ1v) is 41.0. The number of halogens is 4. The van der Waals surface area contributed by atoms with Crippen molar-refractivity contribution < 1.29 is 46.2 Å². The first-order chi connectivity index (χ1) is 59.5. The van der Waals surface area contributed by atoms with E-state index in [1.54, 1.807) is 146 Å². The fourth-order valence-corrected chi connectivity index (χ4v) is 14.4. The Hall–Kier alpha value is -13.7. The number of methoxy groups -OCH3 is 2. The second-order valence-corrected chi connectivity index (χ2v) is 29.8. The van der Waals surface area contributed by atoms with Gasteiger partial charge in [-0.3, -0.25) is 19.2 Å². The van der Waals surface area contributed by atoms with E-state index in [4.69, 9.17) is 9.47 Å². The lowest BCUT2D eigenvalue weighted by atomic mass is 10.1. The van der Waals surface area contributed by atoms with E-state index >= 15 is 0 Å². The van der Waals surface area contributed by atoms with Crippen LogP contribution in [0.3, 0.4) is 0 Å². The molecule has 4 aliphatic rings. The number of carbonyl (C=O) groups is 4. The monoisotopic (exact) mass is 1680 g/mol. The first-order valence-electron chi connectivity index (χ1n) is 41.0. The minimum absolute atomic E-state index is 0.00434. The van der Waals surface area contributed by atoms with Crippen molar-refractivity contribution in [2.75, 3.05) is 139 Å². The van der Waals surface area contributed by atoms with Crippen molar-refractivity contribution in [3.8, 4) is 57.2 Å². The molecule has 32 nitrogen and oxygen atoms in total. The summed E-state index contributed by atoms with van der Waals surface area (Å²) in [5.74, 6) is 8.36. The summed E-state index contributed by atoms with van der Waals surface area (Å²) in [6.07, 6.45) is 10.4. The number of benzene rings is 4. The molecule has 12 heterocycles. The molecule has 4 aliphatic heterocycles. The van der Waals surface area contributed by atoms with Crippen molar-refractivity contribution >= 4 is 47.0 Å². The summed E-state index contributed by atoms with van der Waals surface area (Å²) in [5, 5.41) is 18.1. The van der Waals surface area contributed by atoms with Gasteiger partial charge in [-0.15, -0.1) is 0 Å². The van der Waals surface area contributed by atoms with Crippen molar-refractivity contribution in [2.45, 2.75) is 101 Å². The zero-order chi connectivity index (χ0) is 86.8. The standard InChI is InChI=1S/C23H27FN6O2.C22H26FN7O2.C21H24FN7O.C21H23FN6O/c1-4-20-26-23(17-5-6-19(24)16(2)13-17)27-30(20)15-22(31)29-11-9-28(10-12-29)21-14-18(32-3)7-8-25-21;1-4-18-26-22(16-5-6-17(23)15(2)11-16)27-30(18)13-21(31)29-9-7-28(8-10-29)19-12-20(32-3)25-14-24-19;1-3-18-25-20(16-5-6-17(22)15(2)13-16)26-29(18)14-19(30)27-9-11-28(12-10-27)21-23-7-4-8-24-21;1-15-13-17(6-7-18(15)22)21-24-16(2)28(25-21)14-20(29)27-11-9-26(10-12-27)19-5-3-4-8-23-19/h5-8,13-14H,4,9-12,15H2,1-3H3;5-6,11-12,14H,4,7-10,13H2,1-3H3;4-8,13H,3,9-12,14H2,1-2H3;3-8,13H,9-12,14H2,1-2H3. The van der Waals surface area contributed by atoms with Gasteiger partial charge in [-0.1, -0.05) is 26.8 Å². The summed E-state index contributed by atoms with van der Waals surface area (Å²) in [4.78, 5) is 111. The molecule has 0 aliphatic carbocycles. The SMILES string of the molecule is CCc1nc(-c2ccc(F)c(C)c2)nn1CC(=O)N1CCN(c2cc(OC)ccn2)CC1.CCc1nc(-c2ccc(F)c(C)c2)nn1CC(=O)N1CCN(c2cc(OC)ncn2)CC1.CCc1nc(-c2ccc(F)c(C)c2)nn1CC(=O)N1CCN(c2ncccn2)CC1.Cc1cc(-c2nc(C)n(CC(=O)N3CCN(c4ccccn4)CC3)n2)ccc1F. The van der Waals surface area contributed by atoms with Crippen LogP contribution in [0.1, 0.15) is 66.3 Å². The van der Waals surface area contributed by atoms with Crippen LogP contribution >= 0.6 is 0 Å². The van der Waals surface area contributed by atoms with Crippen LogP contribution in [0.2, 0.25) is 0 Å². The number of aromatic nitrogens is 18. The van der Waals surface area contributed by atoms with Crippen LogP contribution in [0.4, 0.5) is 41.0 Å². The number of ether oxygens (including phenoxy) is 2. The molecular formula is C87H100F4N26O6. The molecule has 4 saturated heterocycles. The Morgan fingerprint density at radius 2 is 0.691 bits per heavy atom. The van der Waals surface area contributed by atoms with Crippen LogP contribution in [0, 0.1) is 57.9 Å². The van der Waals surface area contributed by atoms with E-state index in [9.17, 15) is 36.7 Å². The van der Waals surface area contributed by atoms with E-state index in [1.807, 2.05) is 77.6 Å². The van der Waals surface area contributed by atoms with Gasteiger partial charge in [-0.05, 0) is 154 Å². The van der Waals surface area contributed by atoms with Crippen LogP contribution in [0.5, 0.6) is 11.6 Å². The summed E-state index contributed by atoms with van der Waals surface area (Å²) in [6, 6.07) is 32.3. The van der Waals surface area contributed by atoms with Crippen molar-refractivity contribution in [3.05, 3.63) is 215 Å². The molecule has 0 spiro atoms. The molecule has 4 aromatic carbocycles. The predicted octanol–water partition coefficient (Wildman–Crippen LogP) is 9.35. The number of aryl methyl sites for hydroxylation is 8. The molecule has 4 fully saturated rings. The van der Waals surface area contributed by atoms with Gasteiger partial charge in [-0.25, -0.2) is 86.1 Å². The number of amides is 4. The normalized spacial score (nSPS) is 14.1. The van der Waals surface area contributed by atoms with Gasteiger partial charge >= 0.3 is 0 Å². The molecule has 0 atom stereocenters. The van der Waals surface area contributed by atoms with Gasteiger partial charge in [0.2, 0.25) is 35.5 Å². The molecular weight excluding hydrogens is 1580 g/mol. The van der Waals surface area contributed by atoms with Crippen LogP contribution in [0.25, 0.3) is 45.6 Å². The number of pyridine rings is 2. The highest BCUT2D eigenvalue weighted by Gasteiger charge is 2.30. The Morgan fingerprint density at radius 3 is 1.06 bits per heavy atom. The Bertz CT molecular complexity index is 5450. The molecule has 0 bridgehead atoms. The molecule has 0 unspecified atom stereocenters. The van der Waals surface area contributed by atoms with E-state index in [0.29, 0.717) is 174 Å². The molecule has 16 rings (SSSR count). The van der Waals surface area contributed by atoms with Gasteiger partial charge in [-0.2, -0.15) is 20.4 Å². The second-order valence-electron chi connectivity index (χ2n) is 29.8. The number of hydrogen-bond acceptors (Lipinski definition) is 24. The Labute approximate surface area is 710 Å². The predicted molar refractivity (Wildman–Crippen MR) is 454 cm³/mol. The molecule has 0 saturated carbocycles. The minimum atomic E-state index is -0.265. The lowest BCUT2D eigenvalue weighted by Crippen LogP contribution is -2.50. The molecule has 8 aromatic heterocycles. The molecule has 0 N–H and O–H groups in total. The third-order valence-corrected chi connectivity index (χ3v) is 21.6. The van der Waals surface area contributed by atoms with Gasteiger partial charge < -0.3 is 48.7 Å². The first kappa shape index (κ1) is 87.1. The number of anilines is 4. The fraction of sp³-hybridized carbons (Fsp3) is 0.379. The van der Waals surface area contributed by atoms with E-state index in [2.05, 4.69) is 89.8 Å². The maximum absolute atomic E-state index is 13.6. The van der Waals surface area contributed by atoms with Gasteiger partial charge in [0, 0.05) is 183 Å². The highest BCUT2D eigenvalue weighted by Crippen LogP contribution is 2.28. The van der Waals surface area contributed by atoms with Gasteiger partial charge in [0.25, 0.3) is 0 Å². The van der Waals surface area contributed by atoms with Crippen molar-refractivity contribution in [1.82, 2.24) is 109 Å². The van der Waals surface area contributed by atoms with Crippen LogP contribution in [-0.2, 0) is 64.6 Å². The van der Waals surface area contributed by atoms with Crippen molar-refractivity contribution in [1.29, 1.82) is 0 Å². The third kappa shape index (κ3) is 21.9. The quantitative estimate of drug-likeness (QED) is 0.0604. The number of hydrogen-bond donors (Lipinski definition) is 0. The second kappa shape index (κ2) is 40.6. The summed E-state index contributed by atoms with van der Waals surface area (Å²) < 4.78 is 71.3. The maximum Gasteiger partial charge on any atom is 0.244 e. The molecule has 36 heteroatoms. The van der Waals surface area contributed by atoms with Gasteiger partial charge in [0.15, 0.2) is 23.3 Å². The Morgan fingerprint density at radius 1 is 0.341 bits per heavy atom. The van der Waals surface area contributed by atoms with Crippen LogP contribution in [0.15, 0.2) is 146 Å². The molecule has 642 valence electrons. The fourth-order valence-electron chi connectivity index (χ4n) is 14.4. The minimum Gasteiger partial charge on any atom is -0.497 e. The van der Waals surface area contributed by atoms with Gasteiger partial charge in [0.05, 0.1) is 14.2 Å². The molecule has 123 heavy (non-hydrogen) atoms. The van der Waals surface area contributed by atoms with Crippen LogP contribution < -0.4 is 29.1 Å². The zero-order valence-electron chi connectivity index (χ0n) is 70.7. The summed E-state index contributed by atoms with van der Waals surface area (Å²) in [6.45, 7) is 25.6. The summed E-state index contributed by atoms with van der Waals surface area (Å²) in [7, 11) is 3.20. The van der Waals surface area contributed by atoms with Gasteiger partial charge in [0.1, 0.15) is 102 Å². The maximum atomic E-state index is 13.6. The average molecular weight is 1680 g/mol. The topological polar surface area (TPSA) is 313 Å². The number of nitrogens with zero attached hydrogens (tertiary/aromatic N) is 26. The third-order valence-electron chi connectivity index (χ3n) is 21.6. The van der Waals surface area contributed by atoms with E-state index < -0.39 is 0 Å². The van der Waals surface area contributed by atoms with Crippen LogP contribution in [-0.4, -0.2) is 251 Å². The highest BCUT2D eigenvalue weighted by atomic mass is 19.1. The van der Waals surface area contributed by atoms with E-state index in [-0.39, 0.29) is 73.1 Å². The van der Waals surface area contributed by atoms with Crippen molar-refractivity contribution in [2.24, 2.45) is 0 Å². The summed E-state index contributed by atoms with van der Waals surface area (Å²) in [5.41, 5.74) is 5.11. The molecule has 4 amide bonds. The van der Waals surface area contributed by atoms with E-state index in [1.165, 1.54) is 30.6 Å². The largest absolute Gasteiger partial charge is 0.497 e. The molecule has 0 radical (unpaired) electrons. The average Bonchev–Trinajstić information content (AvgIpc) is 1.70. The smallest absolute Gasteiger partial charge is 0.244 e. The number of carbonyl (C=O) groups excluding carboxylic acids is 4. The zero-order valence-corrected chi connectivity index (χ0v) is 70.7. The van der Waals surface area contributed by atoms with E-state index in [0.717, 1.165) is 76.0 Å². The Balaban J connectivity index is 0.000000141. The summed E-state index contributed by atoms with van der Waals surface area (Å²) >= 11 is 0. The lowest BCUT2D eigenvalue weighted by Gasteiger charge is -2.35. The molecule has 12 aromatic rings. The number of rotatable bonds is 21. The number of piperazine rings is 4. The Kier molecular flexibility index (Phi) is 28.7. The van der Waals surface area contributed by atoms with Crippen molar-refractivity contribution in [3.63, 3.8) is 0 Å².